The number of carboxylic acid groups (broad SMARTS) is 2. The zero-order valence-corrected chi connectivity index (χ0v) is 18.6. The number of aromatic carboxylic acids is 2. The predicted octanol–water partition coefficient (Wildman–Crippen LogP) is 6.26. The summed E-state index contributed by atoms with van der Waals surface area (Å²) >= 11 is 0. The Balaban J connectivity index is 1.69. The molecule has 4 aromatic carbocycles. The molecule has 0 aliphatic carbocycles. The van der Waals surface area contributed by atoms with E-state index in [0.29, 0.717) is 11.1 Å². The Hall–Kier alpha value is -5.72. The van der Waals surface area contributed by atoms with Gasteiger partial charge in [0.05, 0.1) is 38.5 Å². The van der Waals surface area contributed by atoms with Crippen molar-refractivity contribution in [1.82, 2.24) is 0 Å². The number of aromatic hydroxyl groups is 1. The maximum Gasteiger partial charge on any atom is 0.335 e. The van der Waals surface area contributed by atoms with Gasteiger partial charge in [-0.25, -0.2) is 9.59 Å². The van der Waals surface area contributed by atoms with Gasteiger partial charge in [0.2, 0.25) is 0 Å². The van der Waals surface area contributed by atoms with Crippen molar-refractivity contribution < 1.29 is 29.8 Å². The number of carboxylic acids is 2. The third kappa shape index (κ3) is 5.19. The highest BCUT2D eigenvalue weighted by Crippen LogP contribution is 2.42. The molecule has 0 aromatic heterocycles. The van der Waals surface area contributed by atoms with E-state index in [-0.39, 0.29) is 50.7 Å². The number of azo groups is 2. The molecule has 0 radical (unpaired) electrons. The van der Waals surface area contributed by atoms with E-state index in [1.54, 1.807) is 12.1 Å². The summed E-state index contributed by atoms with van der Waals surface area (Å²) in [6.07, 6.45) is 0. The molecule has 0 aliphatic rings. The maximum absolute atomic E-state index is 11.3. The molecule has 4 aromatic rings. The summed E-state index contributed by atoms with van der Waals surface area (Å²) in [6, 6.07) is 15.0. The van der Waals surface area contributed by atoms with Crippen molar-refractivity contribution in [3.05, 3.63) is 88.0 Å². The molecule has 37 heavy (non-hydrogen) atoms. The van der Waals surface area contributed by atoms with E-state index in [9.17, 15) is 35.0 Å². The second-order valence-electron chi connectivity index (χ2n) is 7.58. The van der Waals surface area contributed by atoms with Crippen LogP contribution in [0.15, 0.2) is 87.2 Å². The average molecular weight is 500 g/mol. The fraction of sp³-hybridized carbons (Fsp3) is 0. The first kappa shape index (κ1) is 24.4. The van der Waals surface area contributed by atoms with Gasteiger partial charge in [-0.1, -0.05) is 12.1 Å². The number of nitrogens with zero attached hydrogens (tertiary/aromatic N) is 5. The average Bonchev–Trinajstić information content (AvgIpc) is 2.87. The molecular formula is C24H16N6O7. The van der Waals surface area contributed by atoms with Crippen molar-refractivity contribution in [1.29, 1.82) is 0 Å². The molecule has 0 amide bonds. The van der Waals surface area contributed by atoms with E-state index in [4.69, 9.17) is 5.73 Å². The van der Waals surface area contributed by atoms with E-state index >= 15 is 0 Å². The first-order valence-corrected chi connectivity index (χ1v) is 10.4. The van der Waals surface area contributed by atoms with Crippen LogP contribution in [-0.4, -0.2) is 32.2 Å². The predicted molar refractivity (Wildman–Crippen MR) is 132 cm³/mol. The van der Waals surface area contributed by atoms with Crippen molar-refractivity contribution in [2.45, 2.75) is 0 Å². The molecule has 0 saturated heterocycles. The Morgan fingerprint density at radius 1 is 0.757 bits per heavy atom. The van der Waals surface area contributed by atoms with Gasteiger partial charge >= 0.3 is 11.9 Å². The van der Waals surface area contributed by atoms with Crippen LogP contribution in [0.5, 0.6) is 5.75 Å². The Bertz CT molecular complexity index is 1600. The van der Waals surface area contributed by atoms with E-state index in [0.717, 1.165) is 18.2 Å². The van der Waals surface area contributed by atoms with Crippen LogP contribution in [0.1, 0.15) is 20.7 Å². The summed E-state index contributed by atoms with van der Waals surface area (Å²) in [7, 11) is 0. The lowest BCUT2D eigenvalue weighted by Gasteiger charge is -2.08. The van der Waals surface area contributed by atoms with E-state index in [1.807, 2.05) is 0 Å². The molecule has 13 heteroatoms. The number of hydrogen-bond acceptors (Lipinski definition) is 10. The Morgan fingerprint density at radius 2 is 1.30 bits per heavy atom. The van der Waals surface area contributed by atoms with Crippen molar-refractivity contribution in [3.63, 3.8) is 0 Å². The van der Waals surface area contributed by atoms with Gasteiger partial charge in [0.25, 0.3) is 5.69 Å². The fourth-order valence-electron chi connectivity index (χ4n) is 3.35. The van der Waals surface area contributed by atoms with E-state index < -0.39 is 16.9 Å². The zero-order valence-electron chi connectivity index (χ0n) is 18.6. The second kappa shape index (κ2) is 9.87. The standard InChI is InChI=1S/C24H16N6O7/c25-21-18(28-27-16-10-13(23(32)33)9-14(11-16)24(34)35)7-1-12-2-8-19(22(31)20(12)21)29-26-15-3-5-17(6-4-15)30(36)37/h1-11,31H,25H2,(H,32,33)(H,34,35). The molecule has 13 nitrogen and oxygen atoms in total. The minimum absolute atomic E-state index is 0.0216. The smallest absolute Gasteiger partial charge is 0.335 e. The van der Waals surface area contributed by atoms with Crippen molar-refractivity contribution in [3.8, 4) is 5.75 Å². The Labute approximate surface area is 207 Å². The topological polar surface area (TPSA) is 213 Å². The van der Waals surface area contributed by atoms with Gasteiger partial charge in [0.15, 0.2) is 5.75 Å². The van der Waals surface area contributed by atoms with Gasteiger partial charge in [-0.05, 0) is 47.9 Å². The number of non-ortho nitro benzene ring substituents is 1. The van der Waals surface area contributed by atoms with Crippen LogP contribution in [0.3, 0.4) is 0 Å². The molecule has 0 heterocycles. The van der Waals surface area contributed by atoms with Crippen LogP contribution < -0.4 is 5.73 Å². The van der Waals surface area contributed by atoms with Crippen LogP contribution >= 0.6 is 0 Å². The number of hydrogen-bond donors (Lipinski definition) is 4. The number of rotatable bonds is 7. The SMILES string of the molecule is Nc1c(N=Nc2cc(C(=O)O)cc(C(=O)O)c2)ccc2ccc(N=Nc3ccc([N+](=O)[O-])cc3)c(O)c12. The van der Waals surface area contributed by atoms with Crippen LogP contribution in [-0.2, 0) is 0 Å². The molecule has 0 unspecified atom stereocenters. The van der Waals surface area contributed by atoms with Crippen molar-refractivity contribution in [2.75, 3.05) is 5.73 Å². The summed E-state index contributed by atoms with van der Waals surface area (Å²) in [6.45, 7) is 0. The third-order valence-corrected chi connectivity index (χ3v) is 5.17. The minimum atomic E-state index is -1.33. The molecule has 0 fully saturated rings. The van der Waals surface area contributed by atoms with E-state index in [1.165, 1.54) is 36.4 Å². The molecule has 0 aliphatic heterocycles. The highest BCUT2D eigenvalue weighted by molar-refractivity contribution is 6.04. The van der Waals surface area contributed by atoms with Crippen LogP contribution in [0.25, 0.3) is 10.8 Å². The molecular weight excluding hydrogens is 484 g/mol. The fourth-order valence-corrected chi connectivity index (χ4v) is 3.35. The largest absolute Gasteiger partial charge is 0.505 e. The lowest BCUT2D eigenvalue weighted by Crippen LogP contribution is -2.01. The number of nitro benzene ring substituents is 1. The van der Waals surface area contributed by atoms with Crippen molar-refractivity contribution in [2.24, 2.45) is 20.5 Å². The summed E-state index contributed by atoms with van der Waals surface area (Å²) in [5.41, 5.74) is 6.12. The summed E-state index contributed by atoms with van der Waals surface area (Å²) in [5, 5.41) is 56.7. The van der Waals surface area contributed by atoms with Gasteiger partial charge in [-0.15, -0.1) is 10.2 Å². The summed E-state index contributed by atoms with van der Waals surface area (Å²) in [5.74, 6) is -2.95. The number of phenols is 1. The highest BCUT2D eigenvalue weighted by atomic mass is 16.6. The maximum atomic E-state index is 11.3. The zero-order chi connectivity index (χ0) is 26.7. The highest BCUT2D eigenvalue weighted by Gasteiger charge is 2.14. The molecule has 0 atom stereocenters. The molecule has 184 valence electrons. The number of nitrogens with two attached hydrogens (primary N) is 1. The number of benzene rings is 4. The molecule has 5 N–H and O–H groups in total. The number of phenolic OH excluding ortho intramolecular Hbond substituents is 1. The third-order valence-electron chi connectivity index (χ3n) is 5.17. The second-order valence-corrected chi connectivity index (χ2v) is 7.58. The first-order chi connectivity index (χ1) is 17.6. The first-order valence-electron chi connectivity index (χ1n) is 10.4. The van der Waals surface area contributed by atoms with Gasteiger partial charge in [0, 0.05) is 12.1 Å². The number of nitrogen functional groups attached to an aromatic ring is 1. The van der Waals surface area contributed by atoms with Gasteiger partial charge in [0.1, 0.15) is 11.4 Å². The normalized spacial score (nSPS) is 11.4. The Morgan fingerprint density at radius 3 is 1.86 bits per heavy atom. The minimum Gasteiger partial charge on any atom is -0.505 e. The molecule has 4 rings (SSSR count). The van der Waals surface area contributed by atoms with Gasteiger partial charge in [-0.2, -0.15) is 10.2 Å². The number of nitro groups is 1. The summed E-state index contributed by atoms with van der Waals surface area (Å²) in [4.78, 5) is 32.8. The molecule has 0 bridgehead atoms. The molecule has 0 saturated carbocycles. The van der Waals surface area contributed by atoms with Gasteiger partial charge < -0.3 is 21.1 Å². The Kier molecular flexibility index (Phi) is 6.51. The monoisotopic (exact) mass is 500 g/mol. The lowest BCUT2D eigenvalue weighted by atomic mass is 10.1. The number of fused-ring (bicyclic) bond motifs is 1. The van der Waals surface area contributed by atoms with Gasteiger partial charge in [-0.3, -0.25) is 10.1 Å². The van der Waals surface area contributed by atoms with Crippen LogP contribution in [0.2, 0.25) is 0 Å². The lowest BCUT2D eigenvalue weighted by molar-refractivity contribution is -0.384. The quantitative estimate of drug-likeness (QED) is 0.0980. The summed E-state index contributed by atoms with van der Waals surface area (Å²) < 4.78 is 0. The number of anilines is 1. The van der Waals surface area contributed by atoms with Crippen LogP contribution in [0, 0.1) is 10.1 Å². The van der Waals surface area contributed by atoms with E-state index in [2.05, 4.69) is 20.5 Å². The molecule has 0 spiro atoms. The number of carbonyl (C=O) groups is 2. The van der Waals surface area contributed by atoms with Crippen LogP contribution in [0.4, 0.5) is 34.1 Å². The van der Waals surface area contributed by atoms with Crippen molar-refractivity contribution >= 4 is 56.8 Å².